The normalized spacial score (nSPS) is 5.50. The fourth-order valence-electron chi connectivity index (χ4n) is 0. The molecule has 0 radical (unpaired) electrons. The summed E-state index contributed by atoms with van der Waals surface area (Å²) in [5.41, 5.74) is 0.296. The molecule has 0 aliphatic carbocycles. The molecule has 0 atom stereocenters. The first-order chi connectivity index (χ1) is 2.27. The molecule has 0 amide bonds. The molecule has 0 saturated carbocycles. The third-order valence-electron chi connectivity index (χ3n) is 0.217. The molecule has 0 aromatic rings. The molecule has 0 heterocycles. The molecule has 0 rings (SSSR count). The fourth-order valence-corrected chi connectivity index (χ4v) is 0. The van der Waals surface area contributed by atoms with E-state index in [2.05, 4.69) is 0 Å². The Hall–Kier alpha value is -0.370. The van der Waals surface area contributed by atoms with Gasteiger partial charge in [0.05, 0.1) is 0 Å². The van der Waals surface area contributed by atoms with Crippen molar-refractivity contribution < 1.29 is 0 Å². The largest absolute Gasteiger partial charge is 0.307 e. The van der Waals surface area contributed by atoms with Gasteiger partial charge in [-0.1, -0.05) is 0 Å². The second-order valence-corrected chi connectivity index (χ2v) is 0.827. The predicted octanol–water partition coefficient (Wildman–Crippen LogP) is 1.10. The van der Waals surface area contributed by atoms with E-state index in [-0.39, 0.29) is 12.4 Å². The van der Waals surface area contributed by atoms with E-state index in [4.69, 9.17) is 10.8 Å². The number of hydrogen-bond donors (Lipinski definition) is 2. The van der Waals surface area contributed by atoms with Crippen LogP contribution in [0.3, 0.4) is 0 Å². The van der Waals surface area contributed by atoms with Gasteiger partial charge in [0.15, 0.2) is 0 Å². The molecule has 0 aromatic carbocycles. The molecule has 0 saturated heterocycles. The molecule has 0 aliphatic rings. The van der Waals surface area contributed by atoms with Crippen LogP contribution in [0, 0.1) is 10.8 Å². The molecule has 6 heavy (non-hydrogen) atoms. The van der Waals surface area contributed by atoms with Crippen molar-refractivity contribution in [3.63, 3.8) is 0 Å². The van der Waals surface area contributed by atoms with Crippen LogP contribution < -0.4 is 0 Å². The Morgan fingerprint density at radius 2 is 1.83 bits per heavy atom. The Morgan fingerprint density at radius 1 is 1.67 bits per heavy atom. The number of halogens is 1. The molecule has 36 valence electrons. The smallest absolute Gasteiger partial charge is 0.0458 e. The maximum Gasteiger partial charge on any atom is 0.0458 e. The Balaban J connectivity index is 0. The van der Waals surface area contributed by atoms with Gasteiger partial charge in [0.1, 0.15) is 0 Å². The maximum atomic E-state index is 6.50. The third kappa shape index (κ3) is 9.45. The van der Waals surface area contributed by atoms with E-state index in [1.54, 1.807) is 6.92 Å². The highest BCUT2D eigenvalue weighted by Gasteiger charge is 1.65. The van der Waals surface area contributed by atoms with Crippen molar-refractivity contribution >= 4 is 24.3 Å². The van der Waals surface area contributed by atoms with Crippen LogP contribution in [0.1, 0.15) is 6.92 Å². The lowest BCUT2D eigenvalue weighted by molar-refractivity contribution is 1.49. The quantitative estimate of drug-likeness (QED) is 0.471. The summed E-state index contributed by atoms with van der Waals surface area (Å²) < 4.78 is 0. The van der Waals surface area contributed by atoms with E-state index >= 15 is 0 Å². The van der Waals surface area contributed by atoms with Crippen LogP contribution in [0.2, 0.25) is 0 Å². The molecule has 0 bridgehead atoms. The molecular formula is C3H7ClN2. The number of hydrogen-bond acceptors (Lipinski definition) is 2. The van der Waals surface area contributed by atoms with Crippen molar-refractivity contribution in [1.29, 1.82) is 10.8 Å². The molecule has 2 N–H and O–H groups in total. The number of rotatable bonds is 1. The van der Waals surface area contributed by atoms with Crippen molar-refractivity contribution in [3.05, 3.63) is 0 Å². The Bertz CT molecular complexity index is 59.8. The maximum absolute atomic E-state index is 6.50. The second-order valence-electron chi connectivity index (χ2n) is 0.827. The molecule has 0 unspecified atom stereocenters. The van der Waals surface area contributed by atoms with Crippen LogP contribution in [-0.4, -0.2) is 11.9 Å². The molecule has 3 heteroatoms. The van der Waals surface area contributed by atoms with Crippen LogP contribution in [-0.2, 0) is 0 Å². The topological polar surface area (TPSA) is 47.7 Å². The van der Waals surface area contributed by atoms with Crippen LogP contribution in [0.15, 0.2) is 0 Å². The zero-order chi connectivity index (χ0) is 4.28. The summed E-state index contributed by atoms with van der Waals surface area (Å²) in [6, 6.07) is 0. The minimum Gasteiger partial charge on any atom is -0.307 e. The van der Waals surface area contributed by atoms with E-state index in [9.17, 15) is 0 Å². The van der Waals surface area contributed by atoms with Gasteiger partial charge in [-0.2, -0.15) is 0 Å². The van der Waals surface area contributed by atoms with Crippen LogP contribution >= 0.6 is 12.4 Å². The van der Waals surface area contributed by atoms with Crippen LogP contribution in [0.4, 0.5) is 0 Å². The van der Waals surface area contributed by atoms with Gasteiger partial charge in [0.25, 0.3) is 0 Å². The summed E-state index contributed by atoms with van der Waals surface area (Å²) in [7, 11) is 0. The Kier molecular flexibility index (Phi) is 7.07. The predicted molar refractivity (Wildman–Crippen MR) is 29.4 cm³/mol. The molecule has 2 nitrogen and oxygen atoms in total. The van der Waals surface area contributed by atoms with E-state index in [0.717, 1.165) is 6.21 Å². The van der Waals surface area contributed by atoms with E-state index < -0.39 is 0 Å². The van der Waals surface area contributed by atoms with Gasteiger partial charge in [-0.25, -0.2) is 0 Å². The van der Waals surface area contributed by atoms with Gasteiger partial charge in [-0.3, -0.25) is 0 Å². The SMILES string of the molecule is CC(=N)C=N.Cl. The summed E-state index contributed by atoms with van der Waals surface area (Å²) in [5, 5.41) is 12.8. The van der Waals surface area contributed by atoms with Crippen molar-refractivity contribution in [1.82, 2.24) is 0 Å². The summed E-state index contributed by atoms with van der Waals surface area (Å²) in [5.74, 6) is 0. The summed E-state index contributed by atoms with van der Waals surface area (Å²) >= 11 is 0. The van der Waals surface area contributed by atoms with Crippen molar-refractivity contribution in [2.24, 2.45) is 0 Å². The highest BCUT2D eigenvalue weighted by Crippen LogP contribution is 1.51. The van der Waals surface area contributed by atoms with E-state index in [0.29, 0.717) is 5.71 Å². The average Bonchev–Trinajstić information content (AvgIpc) is 1.38. The first-order valence-corrected chi connectivity index (χ1v) is 1.33. The molecule has 0 aromatic heterocycles. The second kappa shape index (κ2) is 4.63. The monoisotopic (exact) mass is 106 g/mol. The Morgan fingerprint density at radius 3 is 1.83 bits per heavy atom. The number of nitrogens with one attached hydrogen (secondary N) is 2. The summed E-state index contributed by atoms with van der Waals surface area (Å²) in [6.07, 6.45) is 1.00. The van der Waals surface area contributed by atoms with Crippen molar-refractivity contribution in [2.75, 3.05) is 0 Å². The van der Waals surface area contributed by atoms with Gasteiger partial charge in [-0.05, 0) is 6.92 Å². The summed E-state index contributed by atoms with van der Waals surface area (Å²) in [4.78, 5) is 0. The average molecular weight is 107 g/mol. The highest BCUT2D eigenvalue weighted by molar-refractivity contribution is 6.26. The van der Waals surface area contributed by atoms with Gasteiger partial charge in [-0.15, -0.1) is 12.4 Å². The van der Waals surface area contributed by atoms with Gasteiger partial charge >= 0.3 is 0 Å². The van der Waals surface area contributed by atoms with Crippen LogP contribution in [0.25, 0.3) is 0 Å². The standard InChI is InChI=1S/C3H6N2.ClH/c1-3(5)2-4;/h2,4-5H,1H3;1H. The van der Waals surface area contributed by atoms with E-state index in [1.807, 2.05) is 0 Å². The first-order valence-electron chi connectivity index (χ1n) is 1.33. The highest BCUT2D eigenvalue weighted by atomic mass is 35.5. The van der Waals surface area contributed by atoms with Gasteiger partial charge < -0.3 is 10.8 Å². The minimum absolute atomic E-state index is 0. The summed E-state index contributed by atoms with van der Waals surface area (Å²) in [6.45, 7) is 1.56. The van der Waals surface area contributed by atoms with Gasteiger partial charge in [0.2, 0.25) is 0 Å². The lowest BCUT2D eigenvalue weighted by Crippen LogP contribution is -1.82. The van der Waals surface area contributed by atoms with Crippen molar-refractivity contribution in [2.45, 2.75) is 6.92 Å². The lowest BCUT2D eigenvalue weighted by atomic mass is 10.5. The first kappa shape index (κ1) is 9.16. The molecule has 0 spiro atoms. The van der Waals surface area contributed by atoms with Crippen molar-refractivity contribution in [3.8, 4) is 0 Å². The molecule has 0 fully saturated rings. The Labute approximate surface area is 43.0 Å². The van der Waals surface area contributed by atoms with E-state index in [1.165, 1.54) is 0 Å². The fraction of sp³-hybridized carbons (Fsp3) is 0.333. The third-order valence-corrected chi connectivity index (χ3v) is 0.217. The van der Waals surface area contributed by atoms with Gasteiger partial charge in [0, 0.05) is 11.9 Å². The zero-order valence-corrected chi connectivity index (χ0v) is 4.30. The molecular weight excluding hydrogens is 99.5 g/mol. The zero-order valence-electron chi connectivity index (χ0n) is 3.49. The van der Waals surface area contributed by atoms with Crippen LogP contribution in [0.5, 0.6) is 0 Å². The minimum atomic E-state index is 0. The molecule has 0 aliphatic heterocycles. The lowest BCUT2D eigenvalue weighted by Gasteiger charge is -1.67.